The number of ether oxygens (including phenoxy) is 1. The Hall–Kier alpha value is -3.49. The van der Waals surface area contributed by atoms with E-state index < -0.39 is 11.8 Å². The molecule has 2 aromatic carbocycles. The number of benzene rings is 2. The molecule has 8 heteroatoms. The average Bonchev–Trinajstić information content (AvgIpc) is 3.17. The van der Waals surface area contributed by atoms with Crippen molar-refractivity contribution in [2.24, 2.45) is 0 Å². The molecular weight excluding hydrogens is 406 g/mol. The van der Waals surface area contributed by atoms with Crippen LogP contribution in [-0.2, 0) is 9.59 Å². The number of fused-ring (bicyclic) bond motifs is 2. The Balaban J connectivity index is 1.56. The zero-order valence-corrected chi connectivity index (χ0v) is 16.5. The maximum Gasteiger partial charge on any atom is 0.263 e. The van der Waals surface area contributed by atoms with Crippen LogP contribution in [0.3, 0.4) is 0 Å². The van der Waals surface area contributed by atoms with E-state index in [2.05, 4.69) is 15.5 Å². The lowest BCUT2D eigenvalue weighted by molar-refractivity contribution is -0.123. The Bertz CT molecular complexity index is 1150. The smallest absolute Gasteiger partial charge is 0.263 e. The number of amides is 2. The van der Waals surface area contributed by atoms with Crippen LogP contribution < -0.4 is 20.3 Å². The summed E-state index contributed by atoms with van der Waals surface area (Å²) >= 11 is 6.30. The summed E-state index contributed by atoms with van der Waals surface area (Å²) in [6.45, 7) is 0. The molecule has 1 fully saturated rings. The molecule has 2 N–H and O–H groups in total. The first-order valence-corrected chi connectivity index (χ1v) is 9.97. The third-order valence-electron chi connectivity index (χ3n) is 4.50. The van der Waals surface area contributed by atoms with Crippen molar-refractivity contribution in [2.75, 3.05) is 4.90 Å². The van der Waals surface area contributed by atoms with Crippen LogP contribution in [0.1, 0.15) is 4.88 Å². The Kier molecular flexibility index (Phi) is 4.15. The van der Waals surface area contributed by atoms with Gasteiger partial charge in [0.1, 0.15) is 10.6 Å². The summed E-state index contributed by atoms with van der Waals surface area (Å²) in [6.07, 6.45) is 1.57. The second-order valence-corrected chi connectivity index (χ2v) is 7.85. The molecule has 2 aliphatic rings. The number of nitrogens with one attached hydrogen (secondary N) is 2. The molecule has 29 heavy (non-hydrogen) atoms. The van der Waals surface area contributed by atoms with E-state index >= 15 is 0 Å². The molecule has 3 heterocycles. The van der Waals surface area contributed by atoms with Gasteiger partial charge in [-0.3, -0.25) is 25.1 Å². The normalized spacial score (nSPS) is 15.1. The summed E-state index contributed by atoms with van der Waals surface area (Å²) in [5.74, 6) is 0.518. The topological polar surface area (TPSA) is 70.7 Å². The van der Waals surface area contributed by atoms with E-state index in [9.17, 15) is 9.59 Å². The third kappa shape index (κ3) is 3.08. The lowest BCUT2D eigenvalue weighted by Crippen LogP contribution is -2.51. The molecule has 5 rings (SSSR count). The van der Waals surface area contributed by atoms with E-state index in [1.165, 1.54) is 11.3 Å². The molecule has 0 bridgehead atoms. The second kappa shape index (κ2) is 6.84. The van der Waals surface area contributed by atoms with Crippen LogP contribution >= 0.6 is 23.6 Å². The van der Waals surface area contributed by atoms with Gasteiger partial charge in [0.15, 0.2) is 16.6 Å². The number of nitrogens with zero attached hydrogens (tertiary/aromatic N) is 1. The Morgan fingerprint density at radius 3 is 2.07 bits per heavy atom. The third-order valence-corrected chi connectivity index (χ3v) is 5.72. The van der Waals surface area contributed by atoms with E-state index in [1.54, 1.807) is 6.08 Å². The molecule has 0 radical (unpaired) electrons. The van der Waals surface area contributed by atoms with Crippen LogP contribution in [0.5, 0.6) is 11.5 Å². The number of thiophene rings is 1. The van der Waals surface area contributed by atoms with Gasteiger partial charge in [0, 0.05) is 4.88 Å². The number of hydrogen-bond acceptors (Lipinski definition) is 6. The van der Waals surface area contributed by atoms with E-state index in [0.29, 0.717) is 0 Å². The molecule has 0 atom stereocenters. The van der Waals surface area contributed by atoms with Gasteiger partial charge >= 0.3 is 0 Å². The van der Waals surface area contributed by atoms with Crippen molar-refractivity contribution in [1.29, 1.82) is 0 Å². The first-order valence-electron chi connectivity index (χ1n) is 8.74. The Morgan fingerprint density at radius 1 is 0.862 bits per heavy atom. The average molecular weight is 419 g/mol. The fraction of sp³-hybridized carbons (Fsp3) is 0. The Labute approximate surface area is 175 Å². The van der Waals surface area contributed by atoms with Gasteiger partial charge < -0.3 is 4.74 Å². The highest BCUT2D eigenvalue weighted by Crippen LogP contribution is 2.51. The Morgan fingerprint density at radius 2 is 1.45 bits per heavy atom. The minimum atomic E-state index is -0.504. The minimum Gasteiger partial charge on any atom is -0.453 e. The van der Waals surface area contributed by atoms with Crippen molar-refractivity contribution in [3.05, 3.63) is 71.1 Å². The van der Waals surface area contributed by atoms with Gasteiger partial charge in [0.2, 0.25) is 0 Å². The lowest BCUT2D eigenvalue weighted by Gasteiger charge is -2.31. The highest BCUT2D eigenvalue weighted by atomic mass is 32.1. The summed E-state index contributed by atoms with van der Waals surface area (Å²) in [5.41, 5.74) is 1.87. The zero-order chi connectivity index (χ0) is 20.0. The fourth-order valence-corrected chi connectivity index (χ4v) is 4.39. The van der Waals surface area contributed by atoms with Gasteiger partial charge in [-0.1, -0.05) is 24.3 Å². The van der Waals surface area contributed by atoms with E-state index in [1.807, 2.05) is 60.7 Å². The van der Waals surface area contributed by atoms with Crippen molar-refractivity contribution < 1.29 is 14.3 Å². The molecule has 142 valence electrons. The predicted molar refractivity (Wildman–Crippen MR) is 116 cm³/mol. The van der Waals surface area contributed by atoms with Gasteiger partial charge in [0.05, 0.1) is 11.4 Å². The summed E-state index contributed by atoms with van der Waals surface area (Å²) in [4.78, 5) is 27.1. The molecular formula is C21H13N3O3S2. The number of thiocarbonyl (C=S) groups is 1. The minimum absolute atomic E-state index is 0.0190. The van der Waals surface area contributed by atoms with Crippen LogP contribution in [0.4, 0.5) is 16.4 Å². The quantitative estimate of drug-likeness (QED) is 0.289. The molecule has 0 unspecified atom stereocenters. The number of anilines is 3. The van der Waals surface area contributed by atoms with Crippen LogP contribution in [0.25, 0.3) is 6.08 Å². The van der Waals surface area contributed by atoms with Gasteiger partial charge in [-0.15, -0.1) is 11.3 Å². The summed E-state index contributed by atoms with van der Waals surface area (Å²) in [5, 5.41) is 5.85. The molecule has 0 aliphatic carbocycles. The molecule has 3 aromatic rings. The van der Waals surface area contributed by atoms with E-state index in [0.717, 1.165) is 32.8 Å². The van der Waals surface area contributed by atoms with E-state index in [-0.39, 0.29) is 10.7 Å². The van der Waals surface area contributed by atoms with Gasteiger partial charge in [-0.25, -0.2) is 0 Å². The van der Waals surface area contributed by atoms with Crippen molar-refractivity contribution >= 4 is 62.9 Å². The highest BCUT2D eigenvalue weighted by molar-refractivity contribution is 7.80. The molecule has 1 saturated heterocycles. The highest BCUT2D eigenvalue weighted by Gasteiger charge is 2.28. The van der Waals surface area contributed by atoms with Crippen molar-refractivity contribution in [3.63, 3.8) is 0 Å². The van der Waals surface area contributed by atoms with Gasteiger partial charge in [-0.05, 0) is 54.7 Å². The molecule has 0 spiro atoms. The maximum absolute atomic E-state index is 12.1. The van der Waals surface area contributed by atoms with Crippen molar-refractivity contribution in [1.82, 2.24) is 10.6 Å². The fourth-order valence-electron chi connectivity index (χ4n) is 3.23. The van der Waals surface area contributed by atoms with Crippen LogP contribution in [0.2, 0.25) is 0 Å². The number of rotatable bonds is 2. The zero-order valence-electron chi connectivity index (χ0n) is 14.8. The van der Waals surface area contributed by atoms with Crippen LogP contribution in [0.15, 0.2) is 66.2 Å². The number of hydrogen-bond donors (Lipinski definition) is 2. The van der Waals surface area contributed by atoms with E-state index in [4.69, 9.17) is 17.0 Å². The van der Waals surface area contributed by atoms with Crippen LogP contribution in [0, 0.1) is 0 Å². The number of para-hydroxylation sites is 4. The monoisotopic (exact) mass is 419 g/mol. The first kappa shape index (κ1) is 17.6. The number of carbonyl (C=O) groups is 2. The maximum atomic E-state index is 12.1. The van der Waals surface area contributed by atoms with Crippen molar-refractivity contribution in [2.45, 2.75) is 0 Å². The molecule has 2 amide bonds. The lowest BCUT2D eigenvalue weighted by atomic mass is 10.1. The first-order chi connectivity index (χ1) is 14.1. The summed E-state index contributed by atoms with van der Waals surface area (Å²) < 4.78 is 6.03. The van der Waals surface area contributed by atoms with Crippen LogP contribution in [-0.4, -0.2) is 16.9 Å². The molecule has 1 aromatic heterocycles. The SMILES string of the molecule is O=C1NC(=S)NC(=O)C1=Cc1ccc(N2c3ccccc3Oc3ccccc32)s1. The van der Waals surface area contributed by atoms with Gasteiger partial charge in [0.25, 0.3) is 11.8 Å². The van der Waals surface area contributed by atoms with Crippen molar-refractivity contribution in [3.8, 4) is 11.5 Å². The van der Waals surface area contributed by atoms with Gasteiger partial charge in [-0.2, -0.15) is 0 Å². The largest absolute Gasteiger partial charge is 0.453 e. The summed E-state index contributed by atoms with van der Waals surface area (Å²) in [7, 11) is 0. The molecule has 0 saturated carbocycles. The standard InChI is InChI=1S/C21H13N3O3S2/c25-19-13(20(26)23-21(28)22-19)11-12-9-10-18(29-12)24-14-5-1-3-7-16(14)27-17-8-4-2-6-15(17)24/h1-11H,(H2,22,23,25,26,28). The number of carbonyl (C=O) groups excluding carboxylic acids is 2. The molecule has 6 nitrogen and oxygen atoms in total. The predicted octanol–water partition coefficient (Wildman–Crippen LogP) is 4.24. The second-order valence-electron chi connectivity index (χ2n) is 6.34. The molecule has 2 aliphatic heterocycles. The summed E-state index contributed by atoms with van der Waals surface area (Å²) in [6, 6.07) is 19.4.